The van der Waals surface area contributed by atoms with Crippen LogP contribution < -0.4 is 15.5 Å². The molecule has 1 atom stereocenters. The number of nitrogens with zero attached hydrogens (tertiary/aromatic N) is 3. The SMILES string of the molecule is O=C(NC1CCC(O)CC1)c1cnc(N2CCC[C@H]2CO)nc1NCc1ccc(CO)c(Cl)c1. The van der Waals surface area contributed by atoms with Gasteiger partial charge in [0.05, 0.1) is 25.4 Å². The van der Waals surface area contributed by atoms with E-state index in [2.05, 4.69) is 20.6 Å². The van der Waals surface area contributed by atoms with Gasteiger partial charge in [0.2, 0.25) is 5.95 Å². The average Bonchev–Trinajstić information content (AvgIpc) is 3.33. The third-order valence-corrected chi connectivity index (χ3v) is 7.00. The van der Waals surface area contributed by atoms with E-state index in [4.69, 9.17) is 11.6 Å². The van der Waals surface area contributed by atoms with Crippen molar-refractivity contribution in [2.24, 2.45) is 0 Å². The van der Waals surface area contributed by atoms with E-state index in [1.165, 1.54) is 6.20 Å². The van der Waals surface area contributed by atoms with Crippen LogP contribution in [0.25, 0.3) is 0 Å². The molecular weight excluding hydrogens is 458 g/mol. The van der Waals surface area contributed by atoms with Crippen molar-refractivity contribution in [1.29, 1.82) is 0 Å². The Bertz CT molecular complexity index is 999. The number of amides is 1. The number of anilines is 2. The second kappa shape index (κ2) is 11.3. The van der Waals surface area contributed by atoms with Gasteiger partial charge in [0.25, 0.3) is 5.91 Å². The molecule has 0 radical (unpaired) electrons. The van der Waals surface area contributed by atoms with Crippen LogP contribution in [0.15, 0.2) is 24.4 Å². The first-order valence-electron chi connectivity index (χ1n) is 11.8. The van der Waals surface area contributed by atoms with Crippen molar-refractivity contribution >= 4 is 29.3 Å². The van der Waals surface area contributed by atoms with Gasteiger partial charge in [-0.3, -0.25) is 4.79 Å². The zero-order valence-electron chi connectivity index (χ0n) is 19.1. The Kier molecular flexibility index (Phi) is 8.20. The fraction of sp³-hybridized carbons (Fsp3) is 0.542. The lowest BCUT2D eigenvalue weighted by Gasteiger charge is -2.27. The van der Waals surface area contributed by atoms with Crippen molar-refractivity contribution in [1.82, 2.24) is 15.3 Å². The highest BCUT2D eigenvalue weighted by molar-refractivity contribution is 6.31. The Morgan fingerprint density at radius 1 is 1.18 bits per heavy atom. The summed E-state index contributed by atoms with van der Waals surface area (Å²) in [7, 11) is 0. The number of aliphatic hydroxyl groups is 3. The lowest BCUT2D eigenvalue weighted by atomic mass is 9.93. The number of carbonyl (C=O) groups excluding carboxylic acids is 1. The summed E-state index contributed by atoms with van der Waals surface area (Å²) < 4.78 is 0. The zero-order valence-corrected chi connectivity index (χ0v) is 19.8. The number of nitrogens with one attached hydrogen (secondary N) is 2. The first kappa shape index (κ1) is 24.7. The molecule has 1 saturated carbocycles. The second-order valence-corrected chi connectivity index (χ2v) is 9.43. The van der Waals surface area contributed by atoms with Gasteiger partial charge >= 0.3 is 0 Å². The standard InChI is InChI=1S/C24H32ClN5O4/c25-21-10-15(3-4-16(21)13-31)11-26-22-20(23(34)28-17-5-7-19(33)8-6-17)12-27-24(29-22)30-9-1-2-18(30)14-32/h3-4,10,12,17-19,31-33H,1-2,5-9,11,13-14H2,(H,28,34)(H,26,27,29)/t17?,18-,19?/m0/s1. The van der Waals surface area contributed by atoms with Crippen molar-refractivity contribution in [3.05, 3.63) is 46.1 Å². The van der Waals surface area contributed by atoms with Crippen LogP contribution >= 0.6 is 11.6 Å². The molecule has 2 heterocycles. The summed E-state index contributed by atoms with van der Waals surface area (Å²) in [6, 6.07) is 5.38. The number of aliphatic hydroxyl groups excluding tert-OH is 3. The Morgan fingerprint density at radius 2 is 1.97 bits per heavy atom. The van der Waals surface area contributed by atoms with Gasteiger partial charge in [-0.25, -0.2) is 4.98 Å². The minimum absolute atomic E-state index is 0.00520. The summed E-state index contributed by atoms with van der Waals surface area (Å²) in [5.74, 6) is 0.624. The van der Waals surface area contributed by atoms with Gasteiger partial charge < -0.3 is 30.9 Å². The van der Waals surface area contributed by atoms with E-state index in [1.807, 2.05) is 11.0 Å². The first-order chi connectivity index (χ1) is 16.5. The second-order valence-electron chi connectivity index (χ2n) is 9.02. The third-order valence-electron chi connectivity index (χ3n) is 6.65. The summed E-state index contributed by atoms with van der Waals surface area (Å²) >= 11 is 6.23. The van der Waals surface area contributed by atoms with Crippen LogP contribution in [0.2, 0.25) is 5.02 Å². The maximum atomic E-state index is 13.1. The van der Waals surface area contributed by atoms with Crippen molar-refractivity contribution in [2.45, 2.75) is 69.9 Å². The van der Waals surface area contributed by atoms with E-state index >= 15 is 0 Å². The predicted octanol–water partition coefficient (Wildman–Crippen LogP) is 2.23. The number of rotatable bonds is 8. The van der Waals surface area contributed by atoms with E-state index in [1.54, 1.807) is 12.1 Å². The summed E-state index contributed by atoms with van der Waals surface area (Å²) in [6.45, 7) is 1.02. The smallest absolute Gasteiger partial charge is 0.256 e. The van der Waals surface area contributed by atoms with Gasteiger partial charge in [-0.15, -0.1) is 0 Å². The van der Waals surface area contributed by atoms with Crippen LogP contribution in [0.3, 0.4) is 0 Å². The topological polar surface area (TPSA) is 131 Å². The molecule has 2 aliphatic rings. The molecule has 4 rings (SSSR count). The van der Waals surface area contributed by atoms with E-state index in [0.717, 1.165) is 37.8 Å². The number of hydrogen-bond donors (Lipinski definition) is 5. The molecule has 34 heavy (non-hydrogen) atoms. The molecule has 5 N–H and O–H groups in total. The number of hydrogen-bond acceptors (Lipinski definition) is 8. The number of aromatic nitrogens is 2. The van der Waals surface area contributed by atoms with Gasteiger partial charge in [-0.1, -0.05) is 23.7 Å². The molecule has 1 amide bonds. The van der Waals surface area contributed by atoms with Crippen LogP contribution in [0.5, 0.6) is 0 Å². The fourth-order valence-corrected chi connectivity index (χ4v) is 4.86. The Balaban J connectivity index is 1.55. The number of benzene rings is 1. The van der Waals surface area contributed by atoms with E-state index in [-0.39, 0.29) is 37.3 Å². The molecule has 1 aliphatic carbocycles. The molecule has 1 aliphatic heterocycles. The molecule has 0 bridgehead atoms. The maximum Gasteiger partial charge on any atom is 0.256 e. The Hall–Kier alpha value is -2.46. The Labute approximate surface area is 204 Å². The fourth-order valence-electron chi connectivity index (χ4n) is 4.60. The van der Waals surface area contributed by atoms with Crippen molar-refractivity contribution in [3.8, 4) is 0 Å². The van der Waals surface area contributed by atoms with Crippen molar-refractivity contribution < 1.29 is 20.1 Å². The molecule has 1 aromatic heterocycles. The summed E-state index contributed by atoms with van der Waals surface area (Å²) in [5, 5.41) is 35.6. The van der Waals surface area contributed by atoms with E-state index in [9.17, 15) is 20.1 Å². The molecule has 0 spiro atoms. The molecule has 1 aromatic carbocycles. The lowest BCUT2D eigenvalue weighted by Crippen LogP contribution is -2.39. The zero-order chi connectivity index (χ0) is 24.1. The lowest BCUT2D eigenvalue weighted by molar-refractivity contribution is 0.0867. The van der Waals surface area contributed by atoms with Crippen LogP contribution in [-0.2, 0) is 13.2 Å². The van der Waals surface area contributed by atoms with Crippen LogP contribution in [0, 0.1) is 0 Å². The molecule has 9 nitrogen and oxygen atoms in total. The molecule has 2 aromatic rings. The third kappa shape index (κ3) is 5.78. The molecular formula is C24H32ClN5O4. The molecule has 184 valence electrons. The van der Waals surface area contributed by atoms with Crippen LogP contribution in [-0.4, -0.2) is 62.5 Å². The monoisotopic (exact) mass is 489 g/mol. The largest absolute Gasteiger partial charge is 0.394 e. The molecule has 0 unspecified atom stereocenters. The van der Waals surface area contributed by atoms with E-state index in [0.29, 0.717) is 47.3 Å². The summed E-state index contributed by atoms with van der Waals surface area (Å²) in [5.41, 5.74) is 1.87. The molecule has 10 heteroatoms. The minimum atomic E-state index is -0.294. The molecule has 1 saturated heterocycles. The Morgan fingerprint density at radius 3 is 2.68 bits per heavy atom. The number of carbonyl (C=O) groups is 1. The highest BCUT2D eigenvalue weighted by atomic mass is 35.5. The van der Waals surface area contributed by atoms with Gasteiger partial charge in [0.1, 0.15) is 11.4 Å². The highest BCUT2D eigenvalue weighted by Crippen LogP contribution is 2.26. The van der Waals surface area contributed by atoms with Gasteiger partial charge in [-0.2, -0.15) is 4.98 Å². The average molecular weight is 490 g/mol. The van der Waals surface area contributed by atoms with Gasteiger partial charge in [0, 0.05) is 30.4 Å². The van der Waals surface area contributed by atoms with Gasteiger partial charge in [-0.05, 0) is 55.7 Å². The summed E-state index contributed by atoms with van der Waals surface area (Å²) in [4.78, 5) is 24.2. The van der Waals surface area contributed by atoms with Gasteiger partial charge in [0.15, 0.2) is 0 Å². The number of halogens is 1. The molecule has 2 fully saturated rings. The predicted molar refractivity (Wildman–Crippen MR) is 130 cm³/mol. The normalized spacial score (nSPS) is 22.6. The van der Waals surface area contributed by atoms with Crippen molar-refractivity contribution in [2.75, 3.05) is 23.4 Å². The highest BCUT2D eigenvalue weighted by Gasteiger charge is 2.28. The maximum absolute atomic E-state index is 13.1. The first-order valence-corrected chi connectivity index (χ1v) is 12.2. The van der Waals surface area contributed by atoms with E-state index < -0.39 is 0 Å². The van der Waals surface area contributed by atoms with Crippen LogP contribution in [0.1, 0.15) is 60.0 Å². The summed E-state index contributed by atoms with van der Waals surface area (Å²) in [6.07, 6.45) is 5.87. The van der Waals surface area contributed by atoms with Crippen molar-refractivity contribution in [3.63, 3.8) is 0 Å². The minimum Gasteiger partial charge on any atom is -0.394 e. The quantitative estimate of drug-likeness (QED) is 0.381. The van der Waals surface area contributed by atoms with Crippen LogP contribution in [0.4, 0.5) is 11.8 Å².